The fraction of sp³-hybridized carbons (Fsp3) is 0.143. The van der Waals surface area contributed by atoms with Gasteiger partial charge in [0.05, 0.1) is 11.4 Å². The maximum absolute atomic E-state index is 7.25. The van der Waals surface area contributed by atoms with Gasteiger partial charge in [0.15, 0.2) is 0 Å². The molecule has 0 aromatic carbocycles. The molecule has 0 aliphatic rings. The third kappa shape index (κ3) is 1.64. The van der Waals surface area contributed by atoms with E-state index in [1.54, 1.807) is 6.92 Å². The Labute approximate surface area is 67.9 Å². The van der Waals surface area contributed by atoms with E-state index in [0.29, 0.717) is 5.71 Å². The molecule has 2 nitrogen and oxygen atoms in total. The lowest BCUT2D eigenvalue weighted by Crippen LogP contribution is -1.95. The van der Waals surface area contributed by atoms with Crippen LogP contribution in [0.25, 0.3) is 0 Å². The SMILES string of the molecule is CC(=N)c1cccc(Br)n1. The van der Waals surface area contributed by atoms with Gasteiger partial charge in [-0.3, -0.25) is 0 Å². The number of halogens is 1. The number of pyridine rings is 1. The standard InChI is InChI=1S/C7H7BrN2/c1-5(9)6-3-2-4-7(8)10-6/h2-4,9H,1H3. The Morgan fingerprint density at radius 2 is 2.30 bits per heavy atom. The third-order valence-electron chi connectivity index (χ3n) is 1.10. The number of hydrogen-bond donors (Lipinski definition) is 1. The molecule has 0 bridgehead atoms. The van der Waals surface area contributed by atoms with Crippen molar-refractivity contribution >= 4 is 21.6 Å². The van der Waals surface area contributed by atoms with Crippen molar-refractivity contribution in [3.63, 3.8) is 0 Å². The maximum atomic E-state index is 7.25. The molecule has 0 fully saturated rings. The van der Waals surface area contributed by atoms with E-state index in [1.165, 1.54) is 0 Å². The number of aromatic nitrogens is 1. The summed E-state index contributed by atoms with van der Waals surface area (Å²) < 4.78 is 0.775. The molecule has 0 atom stereocenters. The van der Waals surface area contributed by atoms with Gasteiger partial charge >= 0.3 is 0 Å². The summed E-state index contributed by atoms with van der Waals surface area (Å²) in [5.41, 5.74) is 1.20. The van der Waals surface area contributed by atoms with Crippen molar-refractivity contribution in [2.45, 2.75) is 6.92 Å². The highest BCUT2D eigenvalue weighted by molar-refractivity contribution is 9.10. The van der Waals surface area contributed by atoms with Crippen molar-refractivity contribution in [2.75, 3.05) is 0 Å². The molecule has 10 heavy (non-hydrogen) atoms. The van der Waals surface area contributed by atoms with Crippen LogP contribution in [0.3, 0.4) is 0 Å². The first-order chi connectivity index (χ1) is 4.70. The molecule has 1 rings (SSSR count). The Morgan fingerprint density at radius 1 is 1.60 bits per heavy atom. The minimum Gasteiger partial charge on any atom is -0.303 e. The van der Waals surface area contributed by atoms with Crippen LogP contribution in [0.2, 0.25) is 0 Å². The fourth-order valence-electron chi connectivity index (χ4n) is 0.617. The van der Waals surface area contributed by atoms with Crippen molar-refractivity contribution in [3.8, 4) is 0 Å². The van der Waals surface area contributed by atoms with Crippen LogP contribution in [0.1, 0.15) is 12.6 Å². The minimum atomic E-state index is 0.487. The summed E-state index contributed by atoms with van der Waals surface area (Å²) in [5.74, 6) is 0. The van der Waals surface area contributed by atoms with Gasteiger partial charge in [0.2, 0.25) is 0 Å². The second-order valence-corrected chi connectivity index (χ2v) is 2.78. The molecule has 1 aromatic rings. The molecule has 1 heterocycles. The van der Waals surface area contributed by atoms with Crippen LogP contribution in [0.5, 0.6) is 0 Å². The van der Waals surface area contributed by atoms with Crippen molar-refractivity contribution < 1.29 is 0 Å². The largest absolute Gasteiger partial charge is 0.303 e. The van der Waals surface area contributed by atoms with Gasteiger partial charge in [-0.15, -0.1) is 0 Å². The van der Waals surface area contributed by atoms with E-state index < -0.39 is 0 Å². The van der Waals surface area contributed by atoms with Gasteiger partial charge in [-0.2, -0.15) is 0 Å². The third-order valence-corrected chi connectivity index (χ3v) is 1.54. The predicted molar refractivity (Wildman–Crippen MR) is 44.4 cm³/mol. The first-order valence-corrected chi connectivity index (χ1v) is 3.67. The molecule has 52 valence electrons. The molecule has 0 saturated carbocycles. The second-order valence-electron chi connectivity index (χ2n) is 1.97. The zero-order valence-electron chi connectivity index (χ0n) is 5.56. The first-order valence-electron chi connectivity index (χ1n) is 2.88. The molecule has 0 aliphatic heterocycles. The van der Waals surface area contributed by atoms with E-state index in [4.69, 9.17) is 5.41 Å². The highest BCUT2D eigenvalue weighted by Gasteiger charge is 1.95. The van der Waals surface area contributed by atoms with E-state index in [1.807, 2.05) is 18.2 Å². The van der Waals surface area contributed by atoms with Gasteiger partial charge < -0.3 is 5.41 Å². The number of nitrogens with zero attached hydrogens (tertiary/aromatic N) is 1. The van der Waals surface area contributed by atoms with Gasteiger partial charge in [-0.05, 0) is 35.0 Å². The number of rotatable bonds is 1. The van der Waals surface area contributed by atoms with Crippen LogP contribution >= 0.6 is 15.9 Å². The van der Waals surface area contributed by atoms with Crippen LogP contribution < -0.4 is 0 Å². The molecule has 0 unspecified atom stereocenters. The van der Waals surface area contributed by atoms with Crippen molar-refractivity contribution in [1.29, 1.82) is 5.41 Å². The Balaban J connectivity index is 3.07. The smallest absolute Gasteiger partial charge is 0.106 e. The van der Waals surface area contributed by atoms with Crippen LogP contribution in [0.15, 0.2) is 22.8 Å². The lowest BCUT2D eigenvalue weighted by molar-refractivity contribution is 1.23. The highest BCUT2D eigenvalue weighted by Crippen LogP contribution is 2.05. The summed E-state index contributed by atoms with van der Waals surface area (Å²) >= 11 is 3.22. The molecule has 0 spiro atoms. The first kappa shape index (κ1) is 7.41. The van der Waals surface area contributed by atoms with Crippen LogP contribution in [-0.4, -0.2) is 10.7 Å². The van der Waals surface area contributed by atoms with Crippen molar-refractivity contribution in [2.24, 2.45) is 0 Å². The molecule has 0 saturated heterocycles. The van der Waals surface area contributed by atoms with E-state index in [-0.39, 0.29) is 0 Å². The quantitative estimate of drug-likeness (QED) is 0.546. The monoisotopic (exact) mass is 198 g/mol. The van der Waals surface area contributed by atoms with E-state index >= 15 is 0 Å². The van der Waals surface area contributed by atoms with E-state index in [0.717, 1.165) is 10.3 Å². The zero-order valence-corrected chi connectivity index (χ0v) is 7.14. The van der Waals surface area contributed by atoms with Gasteiger partial charge in [0.1, 0.15) is 4.60 Å². The summed E-state index contributed by atoms with van der Waals surface area (Å²) in [6.07, 6.45) is 0. The maximum Gasteiger partial charge on any atom is 0.106 e. The van der Waals surface area contributed by atoms with Gasteiger partial charge in [0, 0.05) is 0 Å². The molecular weight excluding hydrogens is 192 g/mol. The minimum absolute atomic E-state index is 0.487. The molecule has 3 heteroatoms. The number of nitrogens with one attached hydrogen (secondary N) is 1. The molecule has 0 aliphatic carbocycles. The van der Waals surface area contributed by atoms with E-state index in [2.05, 4.69) is 20.9 Å². The summed E-state index contributed by atoms with van der Waals surface area (Å²) in [7, 11) is 0. The van der Waals surface area contributed by atoms with Crippen LogP contribution in [-0.2, 0) is 0 Å². The molecule has 0 radical (unpaired) electrons. The predicted octanol–water partition coefficient (Wildman–Crippen LogP) is 2.23. The Hall–Kier alpha value is -0.700. The summed E-state index contributed by atoms with van der Waals surface area (Å²) in [6, 6.07) is 5.52. The average Bonchev–Trinajstić information content (AvgIpc) is 1.88. The van der Waals surface area contributed by atoms with Gasteiger partial charge in [-0.25, -0.2) is 4.98 Å². The van der Waals surface area contributed by atoms with Gasteiger partial charge in [-0.1, -0.05) is 6.07 Å². The second kappa shape index (κ2) is 2.92. The normalized spacial score (nSPS) is 9.40. The Kier molecular flexibility index (Phi) is 2.17. The highest BCUT2D eigenvalue weighted by atomic mass is 79.9. The molecule has 0 amide bonds. The molecular formula is C7H7BrN2. The number of hydrogen-bond acceptors (Lipinski definition) is 2. The van der Waals surface area contributed by atoms with Crippen molar-refractivity contribution in [3.05, 3.63) is 28.5 Å². The lowest BCUT2D eigenvalue weighted by Gasteiger charge is -1.95. The topological polar surface area (TPSA) is 36.7 Å². The molecule has 1 N–H and O–H groups in total. The summed E-state index contributed by atoms with van der Waals surface area (Å²) in [6.45, 7) is 1.72. The fourth-order valence-corrected chi connectivity index (χ4v) is 0.961. The Bertz CT molecular complexity index is 258. The lowest BCUT2D eigenvalue weighted by atomic mass is 10.3. The van der Waals surface area contributed by atoms with Gasteiger partial charge in [0.25, 0.3) is 0 Å². The summed E-state index contributed by atoms with van der Waals surface area (Å²) in [4.78, 5) is 4.06. The van der Waals surface area contributed by atoms with Crippen LogP contribution in [0.4, 0.5) is 0 Å². The van der Waals surface area contributed by atoms with E-state index in [9.17, 15) is 0 Å². The van der Waals surface area contributed by atoms with Crippen LogP contribution in [0, 0.1) is 5.41 Å². The van der Waals surface area contributed by atoms with Crippen molar-refractivity contribution in [1.82, 2.24) is 4.98 Å². The Morgan fingerprint density at radius 3 is 2.70 bits per heavy atom. The average molecular weight is 199 g/mol. The molecule has 1 aromatic heterocycles. The summed E-state index contributed by atoms with van der Waals surface area (Å²) in [5, 5.41) is 7.25. The zero-order chi connectivity index (χ0) is 7.56.